The molecule has 0 saturated carbocycles. The van der Waals surface area contributed by atoms with E-state index in [4.69, 9.17) is 16.7 Å². The molecule has 0 radical (unpaired) electrons. The molecule has 0 aliphatic rings. The van der Waals surface area contributed by atoms with Crippen LogP contribution in [-0.4, -0.2) is 17.0 Å². The highest BCUT2D eigenvalue weighted by molar-refractivity contribution is 6.34. The molecule has 102 valence electrons. The van der Waals surface area contributed by atoms with Gasteiger partial charge in [-0.25, -0.2) is 4.79 Å². The summed E-state index contributed by atoms with van der Waals surface area (Å²) in [6, 6.07) is 11.1. The molecule has 0 saturated heterocycles. The number of rotatable bonds is 3. The predicted octanol–water partition coefficient (Wildman–Crippen LogP) is 3.60. The molecule has 0 fully saturated rings. The van der Waals surface area contributed by atoms with Gasteiger partial charge in [0, 0.05) is 5.56 Å². The Balaban J connectivity index is 2.26. The quantitative estimate of drug-likeness (QED) is 0.907. The Morgan fingerprint density at radius 3 is 2.50 bits per heavy atom. The monoisotopic (exact) mass is 289 g/mol. The van der Waals surface area contributed by atoms with Crippen LogP contribution in [0.25, 0.3) is 0 Å². The number of carboxylic acids is 1. The van der Waals surface area contributed by atoms with E-state index < -0.39 is 11.9 Å². The molecular formula is C15H12ClNO3. The number of aryl methyl sites for hydroxylation is 1. The summed E-state index contributed by atoms with van der Waals surface area (Å²) in [4.78, 5) is 23.0. The first-order valence-corrected chi connectivity index (χ1v) is 6.26. The topological polar surface area (TPSA) is 66.4 Å². The van der Waals surface area contributed by atoms with E-state index in [0.717, 1.165) is 5.56 Å². The van der Waals surface area contributed by atoms with Crippen molar-refractivity contribution in [2.75, 3.05) is 5.32 Å². The van der Waals surface area contributed by atoms with Crippen LogP contribution in [0.4, 0.5) is 5.69 Å². The van der Waals surface area contributed by atoms with E-state index in [9.17, 15) is 9.59 Å². The lowest BCUT2D eigenvalue weighted by Gasteiger charge is -2.08. The first-order valence-electron chi connectivity index (χ1n) is 5.88. The molecule has 2 aromatic carbocycles. The molecule has 0 heterocycles. The van der Waals surface area contributed by atoms with Crippen LogP contribution in [0.15, 0.2) is 42.5 Å². The Bertz CT molecular complexity index is 683. The van der Waals surface area contributed by atoms with Gasteiger partial charge >= 0.3 is 5.97 Å². The van der Waals surface area contributed by atoms with E-state index in [2.05, 4.69) is 5.32 Å². The molecule has 2 rings (SSSR count). The first kappa shape index (κ1) is 14.1. The van der Waals surface area contributed by atoms with Crippen molar-refractivity contribution in [1.82, 2.24) is 0 Å². The molecule has 0 atom stereocenters. The molecular weight excluding hydrogens is 278 g/mol. The number of amides is 1. The van der Waals surface area contributed by atoms with Gasteiger partial charge in [-0.15, -0.1) is 0 Å². The summed E-state index contributed by atoms with van der Waals surface area (Å²) >= 11 is 6.00. The lowest BCUT2D eigenvalue weighted by Crippen LogP contribution is -2.13. The zero-order valence-corrected chi connectivity index (χ0v) is 11.4. The van der Waals surface area contributed by atoms with E-state index in [1.54, 1.807) is 18.2 Å². The number of hydrogen-bond acceptors (Lipinski definition) is 2. The van der Waals surface area contributed by atoms with Crippen LogP contribution in [0, 0.1) is 6.92 Å². The Morgan fingerprint density at radius 2 is 1.80 bits per heavy atom. The summed E-state index contributed by atoms with van der Waals surface area (Å²) in [5, 5.41) is 12.0. The molecule has 1 amide bonds. The largest absolute Gasteiger partial charge is 0.478 e. The van der Waals surface area contributed by atoms with Crippen LogP contribution in [0.1, 0.15) is 26.3 Å². The number of carbonyl (C=O) groups is 2. The smallest absolute Gasteiger partial charge is 0.335 e. The summed E-state index contributed by atoms with van der Waals surface area (Å²) in [5.41, 5.74) is 1.79. The summed E-state index contributed by atoms with van der Waals surface area (Å²) in [7, 11) is 0. The zero-order chi connectivity index (χ0) is 14.7. The van der Waals surface area contributed by atoms with Crippen LogP contribution in [0.5, 0.6) is 0 Å². The van der Waals surface area contributed by atoms with Crippen molar-refractivity contribution in [2.24, 2.45) is 0 Å². The lowest BCUT2D eigenvalue weighted by molar-refractivity contribution is 0.0697. The molecule has 0 spiro atoms. The number of hydrogen-bond donors (Lipinski definition) is 2. The Hall–Kier alpha value is -2.33. The van der Waals surface area contributed by atoms with Crippen LogP contribution in [-0.2, 0) is 0 Å². The summed E-state index contributed by atoms with van der Waals surface area (Å²) in [6.45, 7) is 1.89. The van der Waals surface area contributed by atoms with E-state index in [1.165, 1.54) is 18.2 Å². The molecule has 0 bridgehead atoms. The van der Waals surface area contributed by atoms with Crippen molar-refractivity contribution >= 4 is 29.2 Å². The summed E-state index contributed by atoms with van der Waals surface area (Å²) < 4.78 is 0. The SMILES string of the molecule is Cc1ccc(Cl)c(NC(=O)c2cccc(C(=O)O)c2)c1. The lowest BCUT2D eigenvalue weighted by atomic mass is 10.1. The third-order valence-corrected chi connectivity index (χ3v) is 3.07. The second kappa shape index (κ2) is 5.75. The molecule has 2 N–H and O–H groups in total. The maximum absolute atomic E-state index is 12.1. The highest BCUT2D eigenvalue weighted by Gasteiger charge is 2.11. The van der Waals surface area contributed by atoms with Crippen molar-refractivity contribution < 1.29 is 14.7 Å². The highest BCUT2D eigenvalue weighted by atomic mass is 35.5. The molecule has 0 aliphatic carbocycles. The molecule has 20 heavy (non-hydrogen) atoms. The minimum Gasteiger partial charge on any atom is -0.478 e. The normalized spacial score (nSPS) is 10.1. The summed E-state index contributed by atoms with van der Waals surface area (Å²) in [5.74, 6) is -1.48. The Morgan fingerprint density at radius 1 is 1.10 bits per heavy atom. The van der Waals surface area contributed by atoms with Gasteiger partial charge in [-0.1, -0.05) is 23.7 Å². The Labute approximate surface area is 121 Å². The predicted molar refractivity (Wildman–Crippen MR) is 77.5 cm³/mol. The minimum absolute atomic E-state index is 0.0630. The third kappa shape index (κ3) is 3.16. The van der Waals surface area contributed by atoms with Gasteiger partial charge < -0.3 is 10.4 Å². The van der Waals surface area contributed by atoms with Gasteiger partial charge in [-0.3, -0.25) is 4.79 Å². The van der Waals surface area contributed by atoms with Crippen molar-refractivity contribution in [3.8, 4) is 0 Å². The Kier molecular flexibility index (Phi) is 4.05. The van der Waals surface area contributed by atoms with E-state index in [-0.39, 0.29) is 11.1 Å². The fraction of sp³-hybridized carbons (Fsp3) is 0.0667. The second-order valence-corrected chi connectivity index (χ2v) is 4.73. The van der Waals surface area contributed by atoms with Crippen molar-refractivity contribution in [3.63, 3.8) is 0 Å². The highest BCUT2D eigenvalue weighted by Crippen LogP contribution is 2.23. The van der Waals surface area contributed by atoms with Gasteiger partial charge in [0.15, 0.2) is 0 Å². The maximum Gasteiger partial charge on any atom is 0.335 e. The van der Waals surface area contributed by atoms with Gasteiger partial charge in [0.05, 0.1) is 16.3 Å². The van der Waals surface area contributed by atoms with Gasteiger partial charge in [0.1, 0.15) is 0 Å². The molecule has 5 heteroatoms. The molecule has 0 aliphatic heterocycles. The maximum atomic E-state index is 12.1. The summed E-state index contributed by atoms with van der Waals surface area (Å²) in [6.07, 6.45) is 0. The minimum atomic E-state index is -1.08. The van der Waals surface area contributed by atoms with Crippen LogP contribution in [0.3, 0.4) is 0 Å². The van der Waals surface area contributed by atoms with Crippen molar-refractivity contribution in [3.05, 3.63) is 64.2 Å². The van der Waals surface area contributed by atoms with Gasteiger partial charge in [-0.05, 0) is 42.8 Å². The van der Waals surface area contributed by atoms with Crippen molar-refractivity contribution in [1.29, 1.82) is 0 Å². The first-order chi connectivity index (χ1) is 9.47. The number of carbonyl (C=O) groups excluding carboxylic acids is 1. The van der Waals surface area contributed by atoms with E-state index >= 15 is 0 Å². The average molecular weight is 290 g/mol. The number of aromatic carboxylic acids is 1. The molecule has 2 aromatic rings. The number of halogens is 1. The zero-order valence-electron chi connectivity index (χ0n) is 10.7. The van der Waals surface area contributed by atoms with Crippen LogP contribution < -0.4 is 5.32 Å². The second-order valence-electron chi connectivity index (χ2n) is 4.32. The molecule has 4 nitrogen and oxygen atoms in total. The van der Waals surface area contributed by atoms with E-state index in [0.29, 0.717) is 10.7 Å². The van der Waals surface area contributed by atoms with Gasteiger partial charge in [0.25, 0.3) is 5.91 Å². The fourth-order valence-electron chi connectivity index (χ4n) is 1.72. The molecule has 0 unspecified atom stereocenters. The number of carboxylic acid groups (broad SMARTS) is 1. The number of nitrogens with one attached hydrogen (secondary N) is 1. The fourth-order valence-corrected chi connectivity index (χ4v) is 1.89. The molecule has 0 aromatic heterocycles. The van der Waals surface area contributed by atoms with Gasteiger partial charge in [-0.2, -0.15) is 0 Å². The average Bonchev–Trinajstić information content (AvgIpc) is 2.43. The van der Waals surface area contributed by atoms with E-state index in [1.807, 2.05) is 13.0 Å². The van der Waals surface area contributed by atoms with Gasteiger partial charge in [0.2, 0.25) is 0 Å². The standard InChI is InChI=1S/C15H12ClNO3/c1-9-5-6-12(16)13(7-9)17-14(18)10-3-2-4-11(8-10)15(19)20/h2-8H,1H3,(H,17,18)(H,19,20). The third-order valence-electron chi connectivity index (χ3n) is 2.74. The van der Waals surface area contributed by atoms with Crippen LogP contribution >= 0.6 is 11.6 Å². The number of anilines is 1. The van der Waals surface area contributed by atoms with Crippen molar-refractivity contribution in [2.45, 2.75) is 6.92 Å². The number of benzene rings is 2. The van der Waals surface area contributed by atoms with Crippen LogP contribution in [0.2, 0.25) is 5.02 Å².